The van der Waals surface area contributed by atoms with Crippen molar-refractivity contribution in [3.63, 3.8) is 0 Å². The van der Waals surface area contributed by atoms with Crippen LogP contribution in [0.3, 0.4) is 0 Å². The molecule has 0 fully saturated rings. The Hall–Kier alpha value is -1.14. The number of thioether (sulfide) groups is 1. The highest BCUT2D eigenvalue weighted by Gasteiger charge is 1.97. The molecule has 1 rings (SSSR count). The lowest BCUT2D eigenvalue weighted by Gasteiger charge is -2.08. The number of aryl methyl sites for hydroxylation is 1. The van der Waals surface area contributed by atoms with Gasteiger partial charge in [-0.25, -0.2) is 0 Å². The molecular formula is C13H17NOS. The van der Waals surface area contributed by atoms with Crippen molar-refractivity contribution in [3.8, 4) is 11.8 Å². The third kappa shape index (κ3) is 5.09. The summed E-state index contributed by atoms with van der Waals surface area (Å²) in [5.74, 6) is 2.62. The number of nitrogens with zero attached hydrogens (tertiary/aromatic N) is 1. The molecule has 1 aromatic rings. The Kier molecular flexibility index (Phi) is 6.52. The fourth-order valence-electron chi connectivity index (χ4n) is 1.32. The maximum Gasteiger partial charge on any atom is 0.122 e. The van der Waals surface area contributed by atoms with E-state index in [-0.39, 0.29) is 0 Å². The van der Waals surface area contributed by atoms with Crippen molar-refractivity contribution in [3.05, 3.63) is 29.8 Å². The van der Waals surface area contributed by atoms with Crippen LogP contribution in [0.4, 0.5) is 0 Å². The van der Waals surface area contributed by atoms with Crippen molar-refractivity contribution in [1.82, 2.24) is 0 Å². The first-order chi connectivity index (χ1) is 7.84. The van der Waals surface area contributed by atoms with Crippen LogP contribution in [0.1, 0.15) is 18.4 Å². The van der Waals surface area contributed by atoms with Crippen molar-refractivity contribution in [1.29, 1.82) is 5.26 Å². The van der Waals surface area contributed by atoms with Crippen molar-refractivity contribution in [2.75, 3.05) is 18.1 Å². The van der Waals surface area contributed by atoms with Gasteiger partial charge in [0.25, 0.3) is 0 Å². The molecule has 1 aromatic carbocycles. The van der Waals surface area contributed by atoms with Gasteiger partial charge in [-0.1, -0.05) is 18.2 Å². The summed E-state index contributed by atoms with van der Waals surface area (Å²) in [4.78, 5) is 0. The lowest BCUT2D eigenvalue weighted by Crippen LogP contribution is -1.99. The third-order valence-electron chi connectivity index (χ3n) is 2.20. The molecule has 0 radical (unpaired) electrons. The van der Waals surface area contributed by atoms with E-state index >= 15 is 0 Å². The molecule has 3 heteroatoms. The van der Waals surface area contributed by atoms with E-state index < -0.39 is 0 Å². The van der Waals surface area contributed by atoms with Gasteiger partial charge < -0.3 is 4.74 Å². The van der Waals surface area contributed by atoms with E-state index in [2.05, 4.69) is 19.1 Å². The van der Waals surface area contributed by atoms with Gasteiger partial charge in [-0.05, 0) is 37.1 Å². The van der Waals surface area contributed by atoms with Gasteiger partial charge in [0.15, 0.2) is 0 Å². The molecule has 16 heavy (non-hydrogen) atoms. The summed E-state index contributed by atoms with van der Waals surface area (Å²) in [6.45, 7) is 2.82. The maximum absolute atomic E-state index is 8.35. The van der Waals surface area contributed by atoms with Crippen LogP contribution < -0.4 is 4.74 Å². The highest BCUT2D eigenvalue weighted by molar-refractivity contribution is 7.99. The maximum atomic E-state index is 8.35. The molecule has 2 nitrogen and oxygen atoms in total. The molecule has 0 atom stereocenters. The first-order valence-corrected chi connectivity index (χ1v) is 6.63. The lowest BCUT2D eigenvalue weighted by atomic mass is 10.2. The smallest absolute Gasteiger partial charge is 0.122 e. The van der Waals surface area contributed by atoms with Gasteiger partial charge in [0.05, 0.1) is 18.4 Å². The van der Waals surface area contributed by atoms with E-state index in [1.54, 1.807) is 11.8 Å². The summed E-state index contributed by atoms with van der Waals surface area (Å²) in [6.07, 6.45) is 2.16. The van der Waals surface area contributed by atoms with E-state index in [9.17, 15) is 0 Å². The summed E-state index contributed by atoms with van der Waals surface area (Å²) < 4.78 is 5.67. The minimum Gasteiger partial charge on any atom is -0.493 e. The van der Waals surface area contributed by atoms with E-state index in [1.807, 2.05) is 18.2 Å². The highest BCUT2D eigenvalue weighted by Crippen LogP contribution is 2.16. The number of hydrogen-bond donors (Lipinski definition) is 0. The fourth-order valence-corrected chi connectivity index (χ4v) is 1.97. The predicted molar refractivity (Wildman–Crippen MR) is 68.8 cm³/mol. The Morgan fingerprint density at radius 1 is 1.31 bits per heavy atom. The zero-order chi connectivity index (χ0) is 11.6. The Morgan fingerprint density at radius 3 is 2.88 bits per heavy atom. The van der Waals surface area contributed by atoms with E-state index in [4.69, 9.17) is 10.00 Å². The molecule has 0 saturated heterocycles. The molecule has 0 bridgehead atoms. The number of unbranched alkanes of at least 4 members (excludes halogenated alkanes) is 1. The second-order valence-electron chi connectivity index (χ2n) is 3.53. The minimum absolute atomic E-state index is 0.596. The molecular weight excluding hydrogens is 218 g/mol. The second kappa shape index (κ2) is 8.06. The quantitative estimate of drug-likeness (QED) is 0.679. The van der Waals surface area contributed by atoms with Crippen LogP contribution in [0, 0.1) is 18.3 Å². The molecule has 0 aliphatic heterocycles. The van der Waals surface area contributed by atoms with Gasteiger partial charge >= 0.3 is 0 Å². The van der Waals surface area contributed by atoms with Crippen LogP contribution in [0.5, 0.6) is 5.75 Å². The van der Waals surface area contributed by atoms with E-state index in [0.717, 1.165) is 31.0 Å². The normalized spacial score (nSPS) is 9.75. The zero-order valence-corrected chi connectivity index (χ0v) is 10.4. The van der Waals surface area contributed by atoms with Gasteiger partial charge in [-0.3, -0.25) is 0 Å². The number of rotatable bonds is 7. The van der Waals surface area contributed by atoms with Gasteiger partial charge in [0.1, 0.15) is 5.75 Å². The molecule has 0 amide bonds. The largest absolute Gasteiger partial charge is 0.493 e. The molecule has 0 unspecified atom stereocenters. The van der Waals surface area contributed by atoms with Gasteiger partial charge in [-0.15, -0.1) is 11.8 Å². The van der Waals surface area contributed by atoms with Crippen LogP contribution in [0.25, 0.3) is 0 Å². The summed E-state index contributed by atoms with van der Waals surface area (Å²) in [5, 5.41) is 8.35. The summed E-state index contributed by atoms with van der Waals surface area (Å²) in [7, 11) is 0. The van der Waals surface area contributed by atoms with Crippen LogP contribution >= 0.6 is 11.8 Å². The number of hydrogen-bond acceptors (Lipinski definition) is 3. The van der Waals surface area contributed by atoms with E-state index in [0.29, 0.717) is 5.75 Å². The van der Waals surface area contributed by atoms with E-state index in [1.165, 1.54) is 5.56 Å². The van der Waals surface area contributed by atoms with Gasteiger partial charge in [-0.2, -0.15) is 5.26 Å². The number of ether oxygens (including phenoxy) is 1. The van der Waals surface area contributed by atoms with Crippen LogP contribution in [0.15, 0.2) is 24.3 Å². The first-order valence-electron chi connectivity index (χ1n) is 5.47. The monoisotopic (exact) mass is 235 g/mol. The van der Waals surface area contributed by atoms with Crippen molar-refractivity contribution in [2.45, 2.75) is 19.8 Å². The summed E-state index contributed by atoms with van der Waals surface area (Å²) >= 11 is 1.69. The molecule has 86 valence electrons. The average Bonchev–Trinajstić information content (AvgIpc) is 2.30. The lowest BCUT2D eigenvalue weighted by molar-refractivity contribution is 0.308. The van der Waals surface area contributed by atoms with Gasteiger partial charge in [0, 0.05) is 0 Å². The molecule has 0 aliphatic carbocycles. The van der Waals surface area contributed by atoms with Gasteiger partial charge in [0.2, 0.25) is 0 Å². The Morgan fingerprint density at radius 2 is 2.12 bits per heavy atom. The Balaban J connectivity index is 2.08. The first kappa shape index (κ1) is 12.9. The third-order valence-corrected chi connectivity index (χ3v) is 3.11. The summed E-state index contributed by atoms with van der Waals surface area (Å²) in [5.41, 5.74) is 1.18. The topological polar surface area (TPSA) is 33.0 Å². The summed E-state index contributed by atoms with van der Waals surface area (Å²) in [6, 6.07) is 10.2. The van der Waals surface area contributed by atoms with Crippen molar-refractivity contribution in [2.24, 2.45) is 0 Å². The Labute approximate surface area is 102 Å². The van der Waals surface area contributed by atoms with Crippen LogP contribution in [-0.2, 0) is 0 Å². The molecule has 0 saturated carbocycles. The van der Waals surface area contributed by atoms with Crippen molar-refractivity contribution < 1.29 is 4.74 Å². The molecule has 0 aromatic heterocycles. The number of para-hydroxylation sites is 1. The molecule has 0 spiro atoms. The molecule has 0 N–H and O–H groups in total. The van der Waals surface area contributed by atoms with Crippen LogP contribution in [0.2, 0.25) is 0 Å². The standard InChI is InChI=1S/C13H17NOS/c1-12-6-2-3-7-13(12)15-9-4-5-10-16-11-8-14/h2-3,6-7H,4-5,9-11H2,1H3. The fraction of sp³-hybridized carbons (Fsp3) is 0.462. The number of benzene rings is 1. The van der Waals surface area contributed by atoms with Crippen molar-refractivity contribution >= 4 is 11.8 Å². The van der Waals surface area contributed by atoms with Crippen LogP contribution in [-0.4, -0.2) is 18.1 Å². The molecule has 0 aliphatic rings. The average molecular weight is 235 g/mol. The Bertz CT molecular complexity index is 346. The molecule has 0 heterocycles. The predicted octanol–water partition coefficient (Wildman–Crippen LogP) is 3.41. The SMILES string of the molecule is Cc1ccccc1OCCCCSCC#N. The number of nitriles is 1. The highest BCUT2D eigenvalue weighted by atomic mass is 32.2. The zero-order valence-electron chi connectivity index (χ0n) is 9.61. The minimum atomic E-state index is 0.596. The second-order valence-corrected chi connectivity index (χ2v) is 4.64.